The Balaban J connectivity index is 2.16. The van der Waals surface area contributed by atoms with E-state index in [1.165, 1.54) is 0 Å². The number of hydrogen-bond acceptors (Lipinski definition) is 4. The van der Waals surface area contributed by atoms with Crippen molar-refractivity contribution in [3.8, 4) is 17.2 Å². The maximum absolute atomic E-state index is 9.91. The second-order valence-electron chi connectivity index (χ2n) is 2.45. The van der Waals surface area contributed by atoms with Crippen molar-refractivity contribution < 1.29 is 19.0 Å². The molecule has 1 heterocycles. The minimum Gasteiger partial charge on any atom is -0.485 e. The molecule has 1 aromatic rings. The van der Waals surface area contributed by atoms with Crippen LogP contribution in [0.1, 0.15) is 0 Å². The molecule has 0 aliphatic carbocycles. The molecule has 0 fully saturated rings. The third kappa shape index (κ3) is 1.56. The SMILES string of the molecule is O=[C]COc1ccc2c(c1)OCO2. The monoisotopic (exact) mass is 179 g/mol. The van der Waals surface area contributed by atoms with Gasteiger partial charge in [-0.15, -0.1) is 0 Å². The topological polar surface area (TPSA) is 44.8 Å². The van der Waals surface area contributed by atoms with Crippen LogP contribution in [0.25, 0.3) is 0 Å². The second-order valence-corrected chi connectivity index (χ2v) is 2.45. The van der Waals surface area contributed by atoms with E-state index in [1.54, 1.807) is 24.5 Å². The van der Waals surface area contributed by atoms with E-state index in [2.05, 4.69) is 0 Å². The fourth-order valence-electron chi connectivity index (χ4n) is 1.08. The predicted octanol–water partition coefficient (Wildman–Crippen LogP) is 0.904. The molecule has 0 N–H and O–H groups in total. The molecule has 1 radical (unpaired) electrons. The average molecular weight is 179 g/mol. The lowest BCUT2D eigenvalue weighted by atomic mass is 10.3. The van der Waals surface area contributed by atoms with Crippen molar-refractivity contribution in [2.24, 2.45) is 0 Å². The molecule has 0 unspecified atom stereocenters. The number of ether oxygens (including phenoxy) is 3. The fourth-order valence-corrected chi connectivity index (χ4v) is 1.08. The summed E-state index contributed by atoms with van der Waals surface area (Å²) in [7, 11) is 0. The van der Waals surface area contributed by atoms with Gasteiger partial charge in [-0.25, -0.2) is 0 Å². The lowest BCUT2D eigenvalue weighted by Gasteiger charge is -2.01. The van der Waals surface area contributed by atoms with Crippen LogP contribution in [0.2, 0.25) is 0 Å². The molecule has 4 heteroatoms. The molecular formula is C9H7O4. The normalized spacial score (nSPS) is 12.6. The maximum atomic E-state index is 9.91. The Morgan fingerprint density at radius 2 is 2.23 bits per heavy atom. The Morgan fingerprint density at radius 3 is 3.08 bits per heavy atom. The molecule has 2 rings (SSSR count). The molecule has 0 amide bonds. The maximum Gasteiger partial charge on any atom is 0.239 e. The number of carbonyl (C=O) groups excluding carboxylic acids is 1. The smallest absolute Gasteiger partial charge is 0.239 e. The van der Waals surface area contributed by atoms with E-state index in [1.807, 2.05) is 0 Å². The number of hydrogen-bond donors (Lipinski definition) is 0. The highest BCUT2D eigenvalue weighted by molar-refractivity contribution is 5.53. The minimum absolute atomic E-state index is 0.0698. The Kier molecular flexibility index (Phi) is 2.04. The molecule has 67 valence electrons. The van der Waals surface area contributed by atoms with Crippen molar-refractivity contribution in [2.45, 2.75) is 0 Å². The van der Waals surface area contributed by atoms with Crippen molar-refractivity contribution in [1.82, 2.24) is 0 Å². The van der Waals surface area contributed by atoms with Crippen LogP contribution in [-0.2, 0) is 4.79 Å². The first kappa shape index (κ1) is 7.91. The van der Waals surface area contributed by atoms with Crippen LogP contribution in [0.15, 0.2) is 18.2 Å². The molecule has 0 spiro atoms. The second kappa shape index (κ2) is 3.35. The highest BCUT2D eigenvalue weighted by Gasteiger charge is 2.13. The van der Waals surface area contributed by atoms with E-state index >= 15 is 0 Å². The van der Waals surface area contributed by atoms with E-state index in [-0.39, 0.29) is 13.4 Å². The first-order valence-corrected chi connectivity index (χ1v) is 3.77. The molecular weight excluding hydrogens is 172 g/mol. The summed E-state index contributed by atoms with van der Waals surface area (Å²) < 4.78 is 15.2. The summed E-state index contributed by atoms with van der Waals surface area (Å²) in [5, 5.41) is 0. The Hall–Kier alpha value is -1.71. The van der Waals surface area contributed by atoms with Gasteiger partial charge in [0.1, 0.15) is 5.75 Å². The highest BCUT2D eigenvalue weighted by Crippen LogP contribution is 2.34. The lowest BCUT2D eigenvalue weighted by molar-refractivity contribution is 0.174. The lowest BCUT2D eigenvalue weighted by Crippen LogP contribution is -1.97. The van der Waals surface area contributed by atoms with Gasteiger partial charge in [-0.2, -0.15) is 0 Å². The van der Waals surface area contributed by atoms with E-state index in [9.17, 15) is 4.79 Å². The molecule has 0 aromatic heterocycles. The first-order valence-electron chi connectivity index (χ1n) is 3.77. The van der Waals surface area contributed by atoms with Gasteiger partial charge in [-0.1, -0.05) is 0 Å². The molecule has 4 nitrogen and oxygen atoms in total. The molecule has 0 saturated heterocycles. The van der Waals surface area contributed by atoms with Crippen LogP contribution in [0.3, 0.4) is 0 Å². The molecule has 0 atom stereocenters. The zero-order valence-electron chi connectivity index (χ0n) is 6.78. The van der Waals surface area contributed by atoms with Gasteiger partial charge in [0.05, 0.1) is 0 Å². The van der Waals surface area contributed by atoms with Gasteiger partial charge < -0.3 is 14.2 Å². The zero-order valence-corrected chi connectivity index (χ0v) is 6.78. The van der Waals surface area contributed by atoms with E-state index in [0.717, 1.165) is 0 Å². The Labute approximate surface area is 75.0 Å². The average Bonchev–Trinajstić information content (AvgIpc) is 2.61. The summed E-state index contributed by atoms with van der Waals surface area (Å²) >= 11 is 0. The van der Waals surface area contributed by atoms with Crippen molar-refractivity contribution in [2.75, 3.05) is 13.4 Å². The summed E-state index contributed by atoms with van der Waals surface area (Å²) in [5.74, 6) is 1.92. The number of benzene rings is 1. The predicted molar refractivity (Wildman–Crippen MR) is 43.8 cm³/mol. The van der Waals surface area contributed by atoms with Crippen LogP contribution in [0.4, 0.5) is 0 Å². The minimum atomic E-state index is -0.0698. The third-order valence-electron chi connectivity index (χ3n) is 1.64. The molecule has 1 aromatic carbocycles. The van der Waals surface area contributed by atoms with Gasteiger partial charge >= 0.3 is 0 Å². The van der Waals surface area contributed by atoms with Crippen molar-refractivity contribution in [3.63, 3.8) is 0 Å². The largest absolute Gasteiger partial charge is 0.485 e. The zero-order chi connectivity index (χ0) is 9.10. The first-order chi connectivity index (χ1) is 6.40. The molecule has 1 aliphatic rings. The van der Waals surface area contributed by atoms with Crippen LogP contribution < -0.4 is 14.2 Å². The van der Waals surface area contributed by atoms with Crippen LogP contribution in [0, 0.1) is 0 Å². The number of rotatable bonds is 3. The number of fused-ring (bicyclic) bond motifs is 1. The van der Waals surface area contributed by atoms with Crippen molar-refractivity contribution in [3.05, 3.63) is 18.2 Å². The van der Waals surface area contributed by atoms with Gasteiger partial charge in [0, 0.05) is 6.07 Å². The van der Waals surface area contributed by atoms with Crippen molar-refractivity contribution >= 4 is 6.29 Å². The van der Waals surface area contributed by atoms with Gasteiger partial charge in [0.15, 0.2) is 18.1 Å². The summed E-state index contributed by atoms with van der Waals surface area (Å²) in [5.41, 5.74) is 0. The summed E-state index contributed by atoms with van der Waals surface area (Å²) in [4.78, 5) is 9.91. The summed E-state index contributed by atoms with van der Waals surface area (Å²) in [6, 6.07) is 5.13. The standard InChI is InChI=1S/C9H7O4/c10-3-4-11-7-1-2-8-9(5-7)13-6-12-8/h1-2,5H,4,6H2. The Morgan fingerprint density at radius 1 is 1.38 bits per heavy atom. The summed E-state index contributed by atoms with van der Waals surface area (Å²) in [6.45, 7) is 0.165. The van der Waals surface area contributed by atoms with Gasteiger partial charge in [-0.3, -0.25) is 4.79 Å². The molecule has 0 bridgehead atoms. The van der Waals surface area contributed by atoms with Crippen LogP contribution >= 0.6 is 0 Å². The van der Waals surface area contributed by atoms with E-state index in [0.29, 0.717) is 17.2 Å². The van der Waals surface area contributed by atoms with Crippen LogP contribution in [-0.4, -0.2) is 19.7 Å². The fraction of sp³-hybridized carbons (Fsp3) is 0.222. The quantitative estimate of drug-likeness (QED) is 0.691. The Bertz CT molecular complexity index is 321. The summed E-state index contributed by atoms with van der Waals surface area (Å²) in [6.07, 6.45) is 1.64. The molecule has 0 saturated carbocycles. The molecule has 13 heavy (non-hydrogen) atoms. The molecule has 1 aliphatic heterocycles. The third-order valence-corrected chi connectivity index (χ3v) is 1.64. The van der Waals surface area contributed by atoms with Gasteiger partial charge in [-0.05, 0) is 12.1 Å². The van der Waals surface area contributed by atoms with Crippen molar-refractivity contribution in [1.29, 1.82) is 0 Å². The van der Waals surface area contributed by atoms with E-state index < -0.39 is 0 Å². The highest BCUT2D eigenvalue weighted by atomic mass is 16.7. The van der Waals surface area contributed by atoms with Crippen LogP contribution in [0.5, 0.6) is 17.2 Å². The van der Waals surface area contributed by atoms with Gasteiger partial charge in [0.25, 0.3) is 0 Å². The van der Waals surface area contributed by atoms with Gasteiger partial charge in [0.2, 0.25) is 13.1 Å². The van der Waals surface area contributed by atoms with E-state index in [4.69, 9.17) is 14.2 Å².